The van der Waals surface area contributed by atoms with Crippen LogP contribution in [0.15, 0.2) is 36.8 Å². The summed E-state index contributed by atoms with van der Waals surface area (Å²) in [5, 5.41) is 21.6. The molecule has 1 aliphatic heterocycles. The van der Waals surface area contributed by atoms with E-state index in [1.165, 1.54) is 27.7 Å². The summed E-state index contributed by atoms with van der Waals surface area (Å²) in [6.07, 6.45) is 6.63. The third-order valence-electron chi connectivity index (χ3n) is 7.19. The Morgan fingerprint density at radius 1 is 1.16 bits per heavy atom. The second kappa shape index (κ2) is 9.49. The molecule has 2 N–H and O–H groups in total. The molecule has 4 aromatic heterocycles. The monoisotopic (exact) mass is 531 g/mol. The fourth-order valence-electron chi connectivity index (χ4n) is 5.13. The number of aromatic nitrogens is 7. The van der Waals surface area contributed by atoms with Crippen molar-refractivity contribution in [2.45, 2.75) is 56.5 Å². The van der Waals surface area contributed by atoms with E-state index in [0.29, 0.717) is 16.9 Å². The van der Waals surface area contributed by atoms with E-state index in [-0.39, 0.29) is 29.5 Å². The normalized spacial score (nSPS) is 20.0. The van der Waals surface area contributed by atoms with Gasteiger partial charge in [0.05, 0.1) is 48.0 Å². The quantitative estimate of drug-likeness (QED) is 0.369. The van der Waals surface area contributed by atoms with Crippen LogP contribution in [0.2, 0.25) is 0 Å². The van der Waals surface area contributed by atoms with Gasteiger partial charge in [0.15, 0.2) is 5.69 Å². The molecule has 1 saturated carbocycles. The van der Waals surface area contributed by atoms with Crippen LogP contribution in [0.5, 0.6) is 0 Å². The number of nitrogens with one attached hydrogen (secondary N) is 2. The third kappa shape index (κ3) is 4.42. The maximum absolute atomic E-state index is 13.9. The van der Waals surface area contributed by atoms with Crippen molar-refractivity contribution in [1.29, 1.82) is 0 Å². The van der Waals surface area contributed by atoms with Crippen LogP contribution < -0.4 is 10.6 Å². The Morgan fingerprint density at radius 3 is 2.71 bits per heavy atom. The number of nitrogens with zero attached hydrogens (tertiary/aromatic N) is 7. The van der Waals surface area contributed by atoms with Crippen LogP contribution in [0.3, 0.4) is 0 Å². The molecule has 10 nitrogen and oxygen atoms in total. The highest BCUT2D eigenvalue weighted by Gasteiger charge is 2.44. The highest BCUT2D eigenvalue weighted by molar-refractivity contribution is 5.95. The van der Waals surface area contributed by atoms with E-state index in [1.54, 1.807) is 23.0 Å². The van der Waals surface area contributed by atoms with Crippen molar-refractivity contribution < 1.29 is 22.4 Å². The maximum atomic E-state index is 13.9. The summed E-state index contributed by atoms with van der Waals surface area (Å²) in [6.45, 7) is -0.510. The molecule has 6 rings (SSSR count). The van der Waals surface area contributed by atoms with Gasteiger partial charge in [-0.2, -0.15) is 10.2 Å². The Bertz CT molecular complexity index is 1470. The zero-order chi connectivity index (χ0) is 26.4. The van der Waals surface area contributed by atoms with E-state index in [2.05, 4.69) is 31.1 Å². The molecule has 14 heteroatoms. The first-order valence-electron chi connectivity index (χ1n) is 12.5. The molecule has 1 amide bonds. The van der Waals surface area contributed by atoms with Crippen LogP contribution >= 0.6 is 0 Å². The summed E-state index contributed by atoms with van der Waals surface area (Å²) >= 11 is 0. The van der Waals surface area contributed by atoms with Gasteiger partial charge in [-0.05, 0) is 31.0 Å². The van der Waals surface area contributed by atoms with Crippen LogP contribution in [0.25, 0.3) is 22.6 Å². The zero-order valence-electron chi connectivity index (χ0n) is 20.2. The van der Waals surface area contributed by atoms with E-state index in [4.69, 9.17) is 0 Å². The Kier molecular flexibility index (Phi) is 6.13. The van der Waals surface area contributed by atoms with Crippen molar-refractivity contribution in [2.24, 2.45) is 0 Å². The van der Waals surface area contributed by atoms with Gasteiger partial charge in [-0.25, -0.2) is 26.8 Å². The molecule has 0 aromatic carbocycles. The Balaban J connectivity index is 1.26. The minimum absolute atomic E-state index is 0.0216. The predicted molar refractivity (Wildman–Crippen MR) is 127 cm³/mol. The van der Waals surface area contributed by atoms with Gasteiger partial charge in [-0.3, -0.25) is 9.48 Å². The molecule has 5 heterocycles. The second-order valence-electron chi connectivity index (χ2n) is 9.74. The second-order valence-corrected chi connectivity index (χ2v) is 9.74. The molecule has 1 saturated heterocycles. The van der Waals surface area contributed by atoms with Crippen molar-refractivity contribution in [2.75, 3.05) is 13.1 Å². The smallest absolute Gasteiger partial charge is 0.284 e. The van der Waals surface area contributed by atoms with Gasteiger partial charge in [0.25, 0.3) is 18.3 Å². The molecule has 2 aliphatic rings. The summed E-state index contributed by atoms with van der Waals surface area (Å²) < 4.78 is 59.8. The van der Waals surface area contributed by atoms with E-state index in [0.717, 1.165) is 32.1 Å². The first-order chi connectivity index (χ1) is 18.3. The molecule has 1 unspecified atom stereocenters. The fraction of sp³-hybridized carbons (Fsp3) is 0.458. The number of halogens is 4. The van der Waals surface area contributed by atoms with Crippen molar-refractivity contribution in [3.8, 4) is 17.1 Å². The van der Waals surface area contributed by atoms with Gasteiger partial charge in [0, 0.05) is 6.54 Å². The molecule has 2 fully saturated rings. The summed E-state index contributed by atoms with van der Waals surface area (Å²) in [5.41, 5.74) is 1.35. The van der Waals surface area contributed by atoms with Crippen LogP contribution in [0.4, 0.5) is 17.6 Å². The standard InChI is InChI=1S/C24H25F4N9O/c25-22(26)21-19(12-35(33-21)15-4-2-1-3-5-15)36-11-17(32-34-36)18-7-6-16-8-14(9-30-37(16)18)23(38)31-20-10-29-13-24(20,27)28/h6-9,11-12,15,20,22,29H,1-5,10,13H2,(H,31,38). The molecule has 38 heavy (non-hydrogen) atoms. The molecule has 200 valence electrons. The van der Waals surface area contributed by atoms with Crippen LogP contribution in [-0.2, 0) is 0 Å². The Hall–Kier alpha value is -3.81. The number of carbonyl (C=O) groups is 1. The van der Waals surface area contributed by atoms with Crippen LogP contribution in [0, 0.1) is 0 Å². The first-order valence-corrected chi connectivity index (χ1v) is 12.5. The van der Waals surface area contributed by atoms with Crippen LogP contribution in [-0.4, -0.2) is 65.3 Å². The average Bonchev–Trinajstić information content (AvgIpc) is 3.69. The number of amides is 1. The lowest BCUT2D eigenvalue weighted by Gasteiger charge is -2.21. The molecule has 1 aliphatic carbocycles. The number of hydrogen-bond acceptors (Lipinski definition) is 6. The van der Waals surface area contributed by atoms with Gasteiger partial charge in [-0.15, -0.1) is 5.10 Å². The highest BCUT2D eigenvalue weighted by atomic mass is 19.3. The van der Waals surface area contributed by atoms with Crippen LogP contribution in [0.1, 0.15) is 60.6 Å². The van der Waals surface area contributed by atoms with Gasteiger partial charge < -0.3 is 10.6 Å². The molecular formula is C24H25F4N9O. The lowest BCUT2D eigenvalue weighted by molar-refractivity contribution is -0.00247. The summed E-state index contributed by atoms with van der Waals surface area (Å²) in [5.74, 6) is -3.69. The Labute approximate surface area is 214 Å². The van der Waals surface area contributed by atoms with E-state index in [9.17, 15) is 22.4 Å². The molecular weight excluding hydrogens is 506 g/mol. The molecule has 4 aromatic rings. The lowest BCUT2D eigenvalue weighted by atomic mass is 9.96. The summed E-state index contributed by atoms with van der Waals surface area (Å²) in [4.78, 5) is 12.6. The zero-order valence-corrected chi connectivity index (χ0v) is 20.2. The van der Waals surface area contributed by atoms with E-state index < -0.39 is 30.8 Å². The fourth-order valence-corrected chi connectivity index (χ4v) is 5.13. The SMILES string of the molecule is O=C(NC1CNCC1(F)F)c1cnn2c(-c3cn(-c4cn(C5CCCCC5)nc4C(F)F)nn3)ccc2c1. The molecule has 0 radical (unpaired) electrons. The lowest BCUT2D eigenvalue weighted by Crippen LogP contribution is -2.46. The van der Waals surface area contributed by atoms with E-state index in [1.807, 2.05) is 0 Å². The van der Waals surface area contributed by atoms with Gasteiger partial charge in [0.1, 0.15) is 17.4 Å². The highest BCUT2D eigenvalue weighted by Crippen LogP contribution is 2.32. The molecule has 0 spiro atoms. The number of carbonyl (C=O) groups excluding carboxylic acids is 1. The predicted octanol–water partition coefficient (Wildman–Crippen LogP) is 3.56. The van der Waals surface area contributed by atoms with Gasteiger partial charge in [0.2, 0.25) is 0 Å². The molecule has 0 bridgehead atoms. The first kappa shape index (κ1) is 24.5. The number of fused-ring (bicyclic) bond motifs is 1. The number of rotatable bonds is 6. The van der Waals surface area contributed by atoms with Gasteiger partial charge >= 0.3 is 0 Å². The summed E-state index contributed by atoms with van der Waals surface area (Å²) in [6, 6.07) is 3.70. The third-order valence-corrected chi connectivity index (χ3v) is 7.19. The minimum Gasteiger partial charge on any atom is -0.342 e. The average molecular weight is 532 g/mol. The minimum atomic E-state index is -3.03. The number of alkyl halides is 4. The molecule has 1 atom stereocenters. The van der Waals surface area contributed by atoms with Crippen molar-refractivity contribution in [1.82, 2.24) is 45.0 Å². The van der Waals surface area contributed by atoms with Crippen molar-refractivity contribution in [3.05, 3.63) is 48.0 Å². The van der Waals surface area contributed by atoms with E-state index >= 15 is 0 Å². The topological polar surface area (TPSA) is 107 Å². The summed E-state index contributed by atoms with van der Waals surface area (Å²) in [7, 11) is 0. The number of hydrogen-bond donors (Lipinski definition) is 2. The van der Waals surface area contributed by atoms with Crippen molar-refractivity contribution in [3.63, 3.8) is 0 Å². The Morgan fingerprint density at radius 2 is 1.97 bits per heavy atom. The maximum Gasteiger partial charge on any atom is 0.284 e. The van der Waals surface area contributed by atoms with Crippen molar-refractivity contribution >= 4 is 11.4 Å². The largest absolute Gasteiger partial charge is 0.342 e. The van der Waals surface area contributed by atoms with Gasteiger partial charge in [-0.1, -0.05) is 24.5 Å².